The summed E-state index contributed by atoms with van der Waals surface area (Å²) in [7, 11) is 0. The molecule has 0 unspecified atom stereocenters. The summed E-state index contributed by atoms with van der Waals surface area (Å²) in [4.78, 5) is 9.16. The second-order valence-electron chi connectivity index (χ2n) is 4.86. The van der Waals surface area contributed by atoms with E-state index in [1.54, 1.807) is 0 Å². The molecular weight excluding hydrogens is 236 g/mol. The normalized spacial score (nSPS) is 14.7. The molecular formula is C15H18N4. The zero-order valence-electron chi connectivity index (χ0n) is 10.9. The van der Waals surface area contributed by atoms with Crippen molar-refractivity contribution >= 4 is 5.82 Å². The molecule has 1 aliphatic rings. The molecule has 1 aliphatic heterocycles. The fourth-order valence-electron chi connectivity index (χ4n) is 2.48. The van der Waals surface area contributed by atoms with E-state index in [9.17, 15) is 0 Å². The van der Waals surface area contributed by atoms with Crippen LogP contribution < -0.4 is 11.1 Å². The van der Waals surface area contributed by atoms with Crippen molar-refractivity contribution in [3.63, 3.8) is 0 Å². The highest BCUT2D eigenvalue weighted by Gasteiger charge is 2.14. The molecule has 0 atom stereocenters. The second-order valence-corrected chi connectivity index (χ2v) is 4.86. The van der Waals surface area contributed by atoms with Crippen molar-refractivity contribution in [1.82, 2.24) is 15.3 Å². The summed E-state index contributed by atoms with van der Waals surface area (Å²) < 4.78 is 0. The molecule has 19 heavy (non-hydrogen) atoms. The van der Waals surface area contributed by atoms with Gasteiger partial charge in [-0.15, -0.1) is 0 Å². The fourth-order valence-corrected chi connectivity index (χ4v) is 2.48. The van der Waals surface area contributed by atoms with Gasteiger partial charge in [-0.05, 0) is 18.5 Å². The first-order valence-electron chi connectivity index (χ1n) is 6.72. The van der Waals surface area contributed by atoms with E-state index in [0.29, 0.717) is 5.82 Å². The number of hydrogen-bond donors (Lipinski definition) is 2. The molecule has 0 saturated heterocycles. The van der Waals surface area contributed by atoms with Crippen LogP contribution in [-0.2, 0) is 19.3 Å². The van der Waals surface area contributed by atoms with Gasteiger partial charge in [-0.1, -0.05) is 30.3 Å². The van der Waals surface area contributed by atoms with Crippen LogP contribution >= 0.6 is 0 Å². The van der Waals surface area contributed by atoms with E-state index in [2.05, 4.69) is 22.4 Å². The lowest BCUT2D eigenvalue weighted by Gasteiger charge is -2.10. The van der Waals surface area contributed by atoms with Crippen molar-refractivity contribution in [1.29, 1.82) is 0 Å². The van der Waals surface area contributed by atoms with E-state index < -0.39 is 0 Å². The molecule has 3 rings (SSSR count). The number of anilines is 1. The molecule has 98 valence electrons. The van der Waals surface area contributed by atoms with Crippen LogP contribution in [0.1, 0.15) is 22.6 Å². The largest absolute Gasteiger partial charge is 0.383 e. The van der Waals surface area contributed by atoms with Crippen LogP contribution in [0.5, 0.6) is 0 Å². The van der Waals surface area contributed by atoms with Crippen molar-refractivity contribution < 1.29 is 0 Å². The lowest BCUT2D eigenvalue weighted by molar-refractivity contribution is 0.708. The molecule has 0 radical (unpaired) electrons. The van der Waals surface area contributed by atoms with Crippen LogP contribution in [0.15, 0.2) is 30.3 Å². The number of nitrogen functional groups attached to an aromatic ring is 1. The number of nitrogens with zero attached hydrogens (tertiary/aromatic N) is 2. The Morgan fingerprint density at radius 1 is 1.05 bits per heavy atom. The molecule has 0 fully saturated rings. The monoisotopic (exact) mass is 254 g/mol. The quantitative estimate of drug-likeness (QED) is 0.849. The van der Waals surface area contributed by atoms with Crippen molar-refractivity contribution in [2.45, 2.75) is 19.3 Å². The molecule has 0 spiro atoms. The van der Waals surface area contributed by atoms with Crippen LogP contribution in [0.25, 0.3) is 0 Å². The summed E-state index contributed by atoms with van der Waals surface area (Å²) in [6, 6.07) is 10.3. The van der Waals surface area contributed by atoms with Crippen LogP contribution in [0, 0.1) is 0 Å². The fraction of sp³-hybridized carbons (Fsp3) is 0.333. The van der Waals surface area contributed by atoms with Gasteiger partial charge >= 0.3 is 0 Å². The summed E-state index contributed by atoms with van der Waals surface area (Å²) in [6.07, 6.45) is 2.60. The van der Waals surface area contributed by atoms with Gasteiger partial charge in [-0.25, -0.2) is 9.97 Å². The van der Waals surface area contributed by atoms with Gasteiger partial charge < -0.3 is 11.1 Å². The maximum atomic E-state index is 6.09. The average molecular weight is 254 g/mol. The van der Waals surface area contributed by atoms with E-state index in [-0.39, 0.29) is 0 Å². The highest BCUT2D eigenvalue weighted by atomic mass is 15.0. The topological polar surface area (TPSA) is 63.8 Å². The summed E-state index contributed by atoms with van der Waals surface area (Å²) in [6.45, 7) is 1.92. The van der Waals surface area contributed by atoms with E-state index in [0.717, 1.165) is 49.4 Å². The van der Waals surface area contributed by atoms with Gasteiger partial charge in [-0.2, -0.15) is 0 Å². The minimum atomic E-state index is 0.652. The van der Waals surface area contributed by atoms with Gasteiger partial charge in [0.1, 0.15) is 11.6 Å². The average Bonchev–Trinajstić information content (AvgIpc) is 2.65. The van der Waals surface area contributed by atoms with Crippen LogP contribution in [0.4, 0.5) is 5.82 Å². The van der Waals surface area contributed by atoms with Crippen molar-refractivity contribution in [2.75, 3.05) is 18.8 Å². The van der Waals surface area contributed by atoms with E-state index in [4.69, 9.17) is 10.7 Å². The van der Waals surface area contributed by atoms with Gasteiger partial charge in [-0.3, -0.25) is 0 Å². The SMILES string of the molecule is Nc1nc(Cc2ccccc2)nc2c1CCNCC2. The Bertz CT molecular complexity index is 566. The maximum Gasteiger partial charge on any atom is 0.135 e. The first-order chi connectivity index (χ1) is 9.33. The van der Waals surface area contributed by atoms with E-state index >= 15 is 0 Å². The van der Waals surface area contributed by atoms with Gasteiger partial charge in [0.25, 0.3) is 0 Å². The molecule has 0 aliphatic carbocycles. The Balaban J connectivity index is 1.91. The number of benzene rings is 1. The third-order valence-corrected chi connectivity index (χ3v) is 3.47. The van der Waals surface area contributed by atoms with Crippen LogP contribution in [0.2, 0.25) is 0 Å². The number of nitrogens with one attached hydrogen (secondary N) is 1. The highest BCUT2D eigenvalue weighted by Crippen LogP contribution is 2.18. The Labute approximate surface area is 113 Å². The highest BCUT2D eigenvalue weighted by molar-refractivity contribution is 5.43. The number of hydrogen-bond acceptors (Lipinski definition) is 4. The van der Waals surface area contributed by atoms with E-state index in [1.807, 2.05) is 18.2 Å². The smallest absolute Gasteiger partial charge is 0.135 e. The van der Waals surface area contributed by atoms with Gasteiger partial charge in [0.05, 0.1) is 5.69 Å². The van der Waals surface area contributed by atoms with E-state index in [1.165, 1.54) is 5.56 Å². The predicted molar refractivity (Wildman–Crippen MR) is 76.0 cm³/mol. The number of rotatable bonds is 2. The molecule has 0 amide bonds. The third-order valence-electron chi connectivity index (χ3n) is 3.47. The van der Waals surface area contributed by atoms with Gasteiger partial charge in [0.2, 0.25) is 0 Å². The maximum absolute atomic E-state index is 6.09. The summed E-state index contributed by atoms with van der Waals surface area (Å²) in [5.41, 5.74) is 9.54. The van der Waals surface area contributed by atoms with Gasteiger partial charge in [0, 0.05) is 24.9 Å². The van der Waals surface area contributed by atoms with Crippen LogP contribution in [0.3, 0.4) is 0 Å². The lowest BCUT2D eigenvalue weighted by atomic mass is 10.1. The Hall–Kier alpha value is -1.94. The third kappa shape index (κ3) is 2.74. The Morgan fingerprint density at radius 3 is 2.68 bits per heavy atom. The van der Waals surface area contributed by atoms with Crippen molar-refractivity contribution in [2.24, 2.45) is 0 Å². The Kier molecular flexibility index (Phi) is 3.42. The lowest BCUT2D eigenvalue weighted by Crippen LogP contribution is -2.16. The molecule has 4 nitrogen and oxygen atoms in total. The molecule has 3 N–H and O–H groups in total. The zero-order chi connectivity index (χ0) is 13.1. The van der Waals surface area contributed by atoms with Crippen molar-refractivity contribution in [3.8, 4) is 0 Å². The summed E-state index contributed by atoms with van der Waals surface area (Å²) >= 11 is 0. The molecule has 2 aromatic rings. The predicted octanol–water partition coefficient (Wildman–Crippen LogP) is 1.34. The zero-order valence-corrected chi connectivity index (χ0v) is 10.9. The van der Waals surface area contributed by atoms with Crippen LogP contribution in [-0.4, -0.2) is 23.1 Å². The first kappa shape index (κ1) is 12.1. The molecule has 1 aromatic carbocycles. The Morgan fingerprint density at radius 2 is 1.84 bits per heavy atom. The number of fused-ring (bicyclic) bond motifs is 1. The number of nitrogens with two attached hydrogens (primary N) is 1. The summed E-state index contributed by atoms with van der Waals surface area (Å²) in [5, 5.41) is 3.37. The molecule has 2 heterocycles. The molecule has 1 aromatic heterocycles. The molecule has 0 saturated carbocycles. The second kappa shape index (κ2) is 5.36. The first-order valence-corrected chi connectivity index (χ1v) is 6.72. The van der Waals surface area contributed by atoms with Crippen molar-refractivity contribution in [3.05, 3.63) is 53.0 Å². The standard InChI is InChI=1S/C15H18N4/c16-15-12-6-8-17-9-7-13(12)18-14(19-15)10-11-4-2-1-3-5-11/h1-5,17H,6-10H2,(H2,16,18,19). The minimum Gasteiger partial charge on any atom is -0.383 e. The molecule has 4 heteroatoms. The molecule has 0 bridgehead atoms. The minimum absolute atomic E-state index is 0.652. The summed E-state index contributed by atoms with van der Waals surface area (Å²) in [5.74, 6) is 1.48. The number of aromatic nitrogens is 2. The van der Waals surface area contributed by atoms with Gasteiger partial charge in [0.15, 0.2) is 0 Å².